The standard InChI is InChI=1S/C18H16N2O3/c1-22-16-8-7-11(9-17(16)23-2)15-10-13(18(19)21)12-5-3-4-6-14(12)20-15/h3-10H,1-2H3,(H2,19,21). The van der Waals surface area contributed by atoms with Crippen molar-refractivity contribution in [2.45, 2.75) is 0 Å². The highest BCUT2D eigenvalue weighted by molar-refractivity contribution is 6.06. The summed E-state index contributed by atoms with van der Waals surface area (Å²) in [4.78, 5) is 16.4. The minimum Gasteiger partial charge on any atom is -0.493 e. The second kappa shape index (κ2) is 5.96. The maximum atomic E-state index is 11.8. The van der Waals surface area contributed by atoms with Crippen LogP contribution in [0.1, 0.15) is 10.4 Å². The monoisotopic (exact) mass is 308 g/mol. The van der Waals surface area contributed by atoms with Gasteiger partial charge in [0.1, 0.15) is 0 Å². The number of aromatic nitrogens is 1. The van der Waals surface area contributed by atoms with Crippen molar-refractivity contribution in [3.05, 3.63) is 54.1 Å². The summed E-state index contributed by atoms with van der Waals surface area (Å²) in [6.07, 6.45) is 0. The number of ether oxygens (including phenoxy) is 2. The molecule has 0 bridgehead atoms. The number of fused-ring (bicyclic) bond motifs is 1. The van der Waals surface area contributed by atoms with E-state index in [1.165, 1.54) is 0 Å². The van der Waals surface area contributed by atoms with Crippen LogP contribution in [0.25, 0.3) is 22.2 Å². The Morgan fingerprint density at radius 2 is 1.74 bits per heavy atom. The minimum absolute atomic E-state index is 0.445. The Balaban J connectivity index is 2.22. The first kappa shape index (κ1) is 14.8. The van der Waals surface area contributed by atoms with Gasteiger partial charge in [0.05, 0.1) is 31.0 Å². The second-order valence-electron chi connectivity index (χ2n) is 5.01. The molecule has 1 aromatic heterocycles. The van der Waals surface area contributed by atoms with Gasteiger partial charge in [-0.2, -0.15) is 0 Å². The van der Waals surface area contributed by atoms with Crippen LogP contribution in [-0.2, 0) is 0 Å². The number of carbonyl (C=O) groups excluding carboxylic acids is 1. The van der Waals surface area contributed by atoms with Crippen LogP contribution in [0.15, 0.2) is 48.5 Å². The third kappa shape index (κ3) is 2.68. The van der Waals surface area contributed by atoms with Gasteiger partial charge in [0.15, 0.2) is 11.5 Å². The molecule has 0 aliphatic heterocycles. The van der Waals surface area contributed by atoms with Crippen LogP contribution < -0.4 is 15.2 Å². The summed E-state index contributed by atoms with van der Waals surface area (Å²) in [7, 11) is 3.15. The third-order valence-corrected chi connectivity index (χ3v) is 3.66. The number of nitrogens with zero attached hydrogens (tertiary/aromatic N) is 1. The number of rotatable bonds is 4. The van der Waals surface area contributed by atoms with Gasteiger partial charge in [0, 0.05) is 10.9 Å². The van der Waals surface area contributed by atoms with Gasteiger partial charge in [-0.1, -0.05) is 18.2 Å². The molecule has 0 aliphatic carbocycles. The van der Waals surface area contributed by atoms with Crippen LogP contribution >= 0.6 is 0 Å². The van der Waals surface area contributed by atoms with Crippen LogP contribution in [0.5, 0.6) is 11.5 Å². The van der Waals surface area contributed by atoms with Gasteiger partial charge in [0.2, 0.25) is 5.91 Å². The normalized spacial score (nSPS) is 10.5. The summed E-state index contributed by atoms with van der Waals surface area (Å²) in [6.45, 7) is 0. The summed E-state index contributed by atoms with van der Waals surface area (Å²) in [5, 5.41) is 0.740. The van der Waals surface area contributed by atoms with E-state index in [1.54, 1.807) is 26.4 Å². The largest absolute Gasteiger partial charge is 0.493 e. The molecule has 2 aromatic carbocycles. The number of nitrogens with two attached hydrogens (primary N) is 1. The van der Waals surface area contributed by atoms with Crippen molar-refractivity contribution in [3.8, 4) is 22.8 Å². The van der Waals surface area contributed by atoms with Crippen LogP contribution in [0.2, 0.25) is 0 Å². The van der Waals surface area contributed by atoms with E-state index in [9.17, 15) is 4.79 Å². The SMILES string of the molecule is COc1ccc(-c2cc(C(N)=O)c3ccccc3n2)cc1OC. The van der Waals surface area contributed by atoms with Gasteiger partial charge in [-0.05, 0) is 30.3 Å². The fourth-order valence-electron chi connectivity index (χ4n) is 2.52. The van der Waals surface area contributed by atoms with Crippen molar-refractivity contribution in [2.24, 2.45) is 5.73 Å². The lowest BCUT2D eigenvalue weighted by Gasteiger charge is -2.11. The molecule has 0 saturated heterocycles. The Morgan fingerprint density at radius 1 is 1.00 bits per heavy atom. The molecule has 0 saturated carbocycles. The van der Waals surface area contributed by atoms with Gasteiger partial charge < -0.3 is 15.2 Å². The van der Waals surface area contributed by atoms with Crippen molar-refractivity contribution in [3.63, 3.8) is 0 Å². The van der Waals surface area contributed by atoms with E-state index in [4.69, 9.17) is 15.2 Å². The number of hydrogen-bond donors (Lipinski definition) is 1. The average molecular weight is 308 g/mol. The Bertz CT molecular complexity index is 891. The van der Waals surface area contributed by atoms with Crippen molar-refractivity contribution in [1.82, 2.24) is 4.98 Å². The predicted molar refractivity (Wildman–Crippen MR) is 88.8 cm³/mol. The van der Waals surface area contributed by atoms with Gasteiger partial charge in [-0.15, -0.1) is 0 Å². The first-order chi connectivity index (χ1) is 11.1. The minimum atomic E-state index is -0.481. The molecule has 1 heterocycles. The van der Waals surface area contributed by atoms with E-state index in [0.717, 1.165) is 10.9 Å². The van der Waals surface area contributed by atoms with E-state index < -0.39 is 5.91 Å². The maximum absolute atomic E-state index is 11.8. The molecule has 5 nitrogen and oxygen atoms in total. The highest BCUT2D eigenvalue weighted by Crippen LogP contribution is 2.33. The topological polar surface area (TPSA) is 74.4 Å². The molecular formula is C18H16N2O3. The lowest BCUT2D eigenvalue weighted by molar-refractivity contribution is 0.100. The molecule has 2 N–H and O–H groups in total. The summed E-state index contributed by atoms with van der Waals surface area (Å²) in [5.74, 6) is 0.748. The van der Waals surface area contributed by atoms with Gasteiger partial charge in [0.25, 0.3) is 0 Å². The number of amides is 1. The first-order valence-electron chi connectivity index (χ1n) is 7.06. The molecule has 0 aliphatic rings. The highest BCUT2D eigenvalue weighted by atomic mass is 16.5. The number of methoxy groups -OCH3 is 2. The van der Waals surface area contributed by atoms with E-state index in [-0.39, 0.29) is 0 Å². The number of carbonyl (C=O) groups is 1. The average Bonchev–Trinajstić information content (AvgIpc) is 2.59. The number of hydrogen-bond acceptors (Lipinski definition) is 4. The second-order valence-corrected chi connectivity index (χ2v) is 5.01. The summed E-state index contributed by atoms with van der Waals surface area (Å²) >= 11 is 0. The van der Waals surface area contributed by atoms with Crippen molar-refractivity contribution < 1.29 is 14.3 Å². The van der Waals surface area contributed by atoms with Crippen molar-refractivity contribution in [2.75, 3.05) is 14.2 Å². The summed E-state index contributed by atoms with van der Waals surface area (Å²) in [5.41, 5.74) is 8.15. The zero-order valence-corrected chi connectivity index (χ0v) is 12.9. The molecule has 5 heteroatoms. The molecule has 0 spiro atoms. The van der Waals surface area contributed by atoms with Gasteiger partial charge in [-0.3, -0.25) is 4.79 Å². The van der Waals surface area contributed by atoms with Crippen molar-refractivity contribution >= 4 is 16.8 Å². The number of para-hydroxylation sites is 1. The molecule has 116 valence electrons. The molecule has 0 fully saturated rings. The maximum Gasteiger partial charge on any atom is 0.249 e. The third-order valence-electron chi connectivity index (χ3n) is 3.66. The van der Waals surface area contributed by atoms with Gasteiger partial charge >= 0.3 is 0 Å². The fourth-order valence-corrected chi connectivity index (χ4v) is 2.52. The molecule has 1 amide bonds. The molecule has 23 heavy (non-hydrogen) atoms. The van der Waals surface area contributed by atoms with E-state index in [1.807, 2.05) is 36.4 Å². The Morgan fingerprint density at radius 3 is 2.43 bits per heavy atom. The Kier molecular flexibility index (Phi) is 3.85. The summed E-state index contributed by atoms with van der Waals surface area (Å²) in [6, 6.07) is 14.6. The molecule has 0 radical (unpaired) electrons. The number of primary amides is 1. The lowest BCUT2D eigenvalue weighted by Crippen LogP contribution is -2.12. The van der Waals surface area contributed by atoms with E-state index in [0.29, 0.717) is 28.3 Å². The van der Waals surface area contributed by atoms with Crippen molar-refractivity contribution in [1.29, 1.82) is 0 Å². The van der Waals surface area contributed by atoms with Crippen LogP contribution in [0, 0.1) is 0 Å². The Labute approximate surface area is 133 Å². The first-order valence-corrected chi connectivity index (χ1v) is 7.06. The number of benzene rings is 2. The molecular weight excluding hydrogens is 292 g/mol. The predicted octanol–water partition coefficient (Wildman–Crippen LogP) is 3.02. The van der Waals surface area contributed by atoms with Crippen LogP contribution in [0.3, 0.4) is 0 Å². The van der Waals surface area contributed by atoms with Crippen LogP contribution in [-0.4, -0.2) is 25.1 Å². The fraction of sp³-hybridized carbons (Fsp3) is 0.111. The molecule has 0 unspecified atom stereocenters. The molecule has 3 rings (SSSR count). The Hall–Kier alpha value is -3.08. The zero-order chi connectivity index (χ0) is 16.4. The molecule has 3 aromatic rings. The van der Waals surface area contributed by atoms with E-state index in [2.05, 4.69) is 4.98 Å². The lowest BCUT2D eigenvalue weighted by atomic mass is 10.0. The molecule has 0 atom stereocenters. The van der Waals surface area contributed by atoms with E-state index >= 15 is 0 Å². The number of pyridine rings is 1. The zero-order valence-electron chi connectivity index (χ0n) is 12.9. The van der Waals surface area contributed by atoms with Crippen LogP contribution in [0.4, 0.5) is 0 Å². The van der Waals surface area contributed by atoms with Gasteiger partial charge in [-0.25, -0.2) is 4.98 Å². The quantitative estimate of drug-likeness (QED) is 0.804. The summed E-state index contributed by atoms with van der Waals surface area (Å²) < 4.78 is 10.6. The highest BCUT2D eigenvalue weighted by Gasteiger charge is 2.13. The smallest absolute Gasteiger partial charge is 0.249 e.